The molecule has 0 radical (unpaired) electrons. The average molecular weight is 291 g/mol. The number of carbonyl (C=O) groups is 1. The lowest BCUT2D eigenvalue weighted by Gasteiger charge is -2.34. The van der Waals surface area contributed by atoms with Crippen molar-refractivity contribution in [3.05, 3.63) is 23.5 Å². The molecule has 0 aliphatic heterocycles. The first kappa shape index (κ1) is 14.2. The maximum atomic E-state index is 12.3. The number of thioether (sulfide) groups is 1. The zero-order chi connectivity index (χ0) is 14.3. The lowest BCUT2D eigenvalue weighted by molar-refractivity contribution is 0.0909. The van der Waals surface area contributed by atoms with E-state index >= 15 is 0 Å². The highest BCUT2D eigenvalue weighted by Gasteiger charge is 2.34. The van der Waals surface area contributed by atoms with Gasteiger partial charge in [0.2, 0.25) is 0 Å². The van der Waals surface area contributed by atoms with Crippen LogP contribution in [0.25, 0.3) is 0 Å². The molecule has 1 fully saturated rings. The maximum Gasteiger partial charge on any atom is 0.165 e. The van der Waals surface area contributed by atoms with Crippen LogP contribution < -0.4 is 0 Å². The standard InChI is InChI=1S/C17H25NOS/c1-17(2)10-15-14(16(19)11-17)8-9-18(15)12-4-6-13(20-3)7-5-12/h8-9,12-13H,4-7,10-11H2,1-3H3. The predicted octanol–water partition coefficient (Wildman–Crippen LogP) is 4.49. The van der Waals surface area contributed by atoms with Crippen molar-refractivity contribution in [2.24, 2.45) is 5.41 Å². The first-order chi connectivity index (χ1) is 9.50. The number of carbonyl (C=O) groups excluding carboxylic acids is 1. The lowest BCUT2D eigenvalue weighted by Crippen LogP contribution is -2.29. The van der Waals surface area contributed by atoms with Crippen LogP contribution >= 0.6 is 11.8 Å². The maximum absolute atomic E-state index is 12.3. The molecule has 1 aromatic rings. The molecule has 2 aliphatic carbocycles. The van der Waals surface area contributed by atoms with E-state index in [4.69, 9.17) is 0 Å². The summed E-state index contributed by atoms with van der Waals surface area (Å²) in [5.74, 6) is 0.341. The lowest BCUT2D eigenvalue weighted by atomic mass is 9.76. The molecule has 3 rings (SSSR count). The van der Waals surface area contributed by atoms with E-state index in [1.807, 2.05) is 11.8 Å². The molecule has 0 spiro atoms. The van der Waals surface area contributed by atoms with Crippen LogP contribution in [0.2, 0.25) is 0 Å². The van der Waals surface area contributed by atoms with Crippen molar-refractivity contribution in [2.75, 3.05) is 6.26 Å². The van der Waals surface area contributed by atoms with Gasteiger partial charge in [-0.2, -0.15) is 11.8 Å². The molecule has 110 valence electrons. The van der Waals surface area contributed by atoms with Gasteiger partial charge < -0.3 is 4.57 Å². The largest absolute Gasteiger partial charge is 0.348 e. The van der Waals surface area contributed by atoms with Crippen molar-refractivity contribution in [3.63, 3.8) is 0 Å². The molecule has 1 heterocycles. The summed E-state index contributed by atoms with van der Waals surface area (Å²) in [4.78, 5) is 12.3. The number of fused-ring (bicyclic) bond motifs is 1. The Morgan fingerprint density at radius 2 is 1.90 bits per heavy atom. The number of Topliss-reactive ketones (excluding diaryl/α,β-unsaturated/α-hetero) is 1. The second-order valence-electron chi connectivity index (χ2n) is 7.19. The Labute approximate surface area is 126 Å². The van der Waals surface area contributed by atoms with E-state index in [9.17, 15) is 4.79 Å². The van der Waals surface area contributed by atoms with Crippen molar-refractivity contribution in [3.8, 4) is 0 Å². The molecule has 0 N–H and O–H groups in total. The van der Waals surface area contributed by atoms with Crippen molar-refractivity contribution < 1.29 is 4.79 Å². The molecule has 0 aromatic carbocycles. The third kappa shape index (κ3) is 2.57. The van der Waals surface area contributed by atoms with E-state index in [-0.39, 0.29) is 5.41 Å². The highest BCUT2D eigenvalue weighted by Crippen LogP contribution is 2.40. The summed E-state index contributed by atoms with van der Waals surface area (Å²) in [5.41, 5.74) is 2.42. The van der Waals surface area contributed by atoms with E-state index in [2.05, 4.69) is 36.9 Å². The number of nitrogens with zero attached hydrogens (tertiary/aromatic N) is 1. The summed E-state index contributed by atoms with van der Waals surface area (Å²) in [6.45, 7) is 4.44. The molecule has 2 aliphatic rings. The number of rotatable bonds is 2. The van der Waals surface area contributed by atoms with Crippen LogP contribution in [0, 0.1) is 5.41 Å². The van der Waals surface area contributed by atoms with Crippen LogP contribution in [0.3, 0.4) is 0 Å². The van der Waals surface area contributed by atoms with E-state index in [0.717, 1.165) is 17.2 Å². The summed E-state index contributed by atoms with van der Waals surface area (Å²) < 4.78 is 2.44. The van der Waals surface area contributed by atoms with E-state index in [0.29, 0.717) is 18.2 Å². The fourth-order valence-corrected chi connectivity index (χ4v) is 4.61. The van der Waals surface area contributed by atoms with Gasteiger partial charge in [-0.15, -0.1) is 0 Å². The minimum atomic E-state index is 0.122. The number of aromatic nitrogens is 1. The van der Waals surface area contributed by atoms with Crippen molar-refractivity contribution in [1.29, 1.82) is 0 Å². The van der Waals surface area contributed by atoms with Gasteiger partial charge >= 0.3 is 0 Å². The molecule has 2 nitrogen and oxygen atoms in total. The molecule has 3 heteroatoms. The topological polar surface area (TPSA) is 22.0 Å². The quantitative estimate of drug-likeness (QED) is 0.801. The Balaban J connectivity index is 1.84. The molecule has 0 unspecified atom stereocenters. The predicted molar refractivity (Wildman–Crippen MR) is 85.7 cm³/mol. The van der Waals surface area contributed by atoms with E-state index < -0.39 is 0 Å². The zero-order valence-corrected chi connectivity index (χ0v) is 13.6. The van der Waals surface area contributed by atoms with Gasteiger partial charge in [-0.1, -0.05) is 13.8 Å². The average Bonchev–Trinajstić information content (AvgIpc) is 2.81. The van der Waals surface area contributed by atoms with Gasteiger partial charge in [-0.25, -0.2) is 0 Å². The first-order valence-corrected chi connectivity index (χ1v) is 9.05. The molecule has 0 saturated heterocycles. The molecule has 0 amide bonds. The number of ketones is 1. The third-order valence-electron chi connectivity index (χ3n) is 4.98. The minimum absolute atomic E-state index is 0.122. The molecule has 0 atom stereocenters. The monoisotopic (exact) mass is 291 g/mol. The Kier molecular flexibility index (Phi) is 3.74. The first-order valence-electron chi connectivity index (χ1n) is 7.76. The van der Waals surface area contributed by atoms with Crippen LogP contribution in [-0.2, 0) is 6.42 Å². The van der Waals surface area contributed by atoms with Crippen molar-refractivity contribution in [1.82, 2.24) is 4.57 Å². The Bertz CT molecular complexity index is 509. The second-order valence-corrected chi connectivity index (χ2v) is 8.33. The van der Waals surface area contributed by atoms with Crippen LogP contribution in [0.5, 0.6) is 0 Å². The van der Waals surface area contributed by atoms with Gasteiger partial charge in [0.1, 0.15) is 0 Å². The second kappa shape index (κ2) is 5.25. The summed E-state index contributed by atoms with van der Waals surface area (Å²) in [7, 11) is 0. The Morgan fingerprint density at radius 1 is 1.20 bits per heavy atom. The molecule has 0 bridgehead atoms. The van der Waals surface area contributed by atoms with Crippen LogP contribution in [-0.4, -0.2) is 21.9 Å². The fourth-order valence-electron chi connectivity index (χ4n) is 3.87. The summed E-state index contributed by atoms with van der Waals surface area (Å²) in [6.07, 6.45) is 11.3. The molecule has 1 aromatic heterocycles. The number of hydrogen-bond donors (Lipinski definition) is 0. The highest BCUT2D eigenvalue weighted by atomic mass is 32.2. The number of hydrogen-bond acceptors (Lipinski definition) is 2. The summed E-state index contributed by atoms with van der Waals surface area (Å²) in [5, 5.41) is 0.843. The van der Waals surface area contributed by atoms with Gasteiger partial charge in [0.15, 0.2) is 5.78 Å². The zero-order valence-electron chi connectivity index (χ0n) is 12.8. The Morgan fingerprint density at radius 3 is 2.55 bits per heavy atom. The smallest absolute Gasteiger partial charge is 0.165 e. The van der Waals surface area contributed by atoms with Gasteiger partial charge in [0.05, 0.1) is 0 Å². The normalized spacial score (nSPS) is 29.2. The Hall–Kier alpha value is -0.700. The van der Waals surface area contributed by atoms with Crippen LogP contribution in [0.15, 0.2) is 12.3 Å². The van der Waals surface area contributed by atoms with Crippen LogP contribution in [0.4, 0.5) is 0 Å². The minimum Gasteiger partial charge on any atom is -0.348 e. The van der Waals surface area contributed by atoms with Crippen molar-refractivity contribution in [2.45, 2.75) is 63.7 Å². The van der Waals surface area contributed by atoms with E-state index in [1.165, 1.54) is 31.4 Å². The van der Waals surface area contributed by atoms with Crippen molar-refractivity contribution >= 4 is 17.5 Å². The molecular weight excluding hydrogens is 266 g/mol. The van der Waals surface area contributed by atoms with Gasteiger partial charge in [-0.05, 0) is 49.8 Å². The molecular formula is C17H25NOS. The van der Waals surface area contributed by atoms with Crippen LogP contribution in [0.1, 0.15) is 68.0 Å². The summed E-state index contributed by atoms with van der Waals surface area (Å²) >= 11 is 2.01. The molecule has 20 heavy (non-hydrogen) atoms. The van der Waals surface area contributed by atoms with Gasteiger partial charge in [-0.3, -0.25) is 4.79 Å². The third-order valence-corrected chi connectivity index (χ3v) is 6.12. The summed E-state index contributed by atoms with van der Waals surface area (Å²) in [6, 6.07) is 2.68. The van der Waals surface area contributed by atoms with E-state index in [1.54, 1.807) is 0 Å². The fraction of sp³-hybridized carbons (Fsp3) is 0.706. The van der Waals surface area contributed by atoms with Gasteiger partial charge in [0.25, 0.3) is 0 Å². The highest BCUT2D eigenvalue weighted by molar-refractivity contribution is 7.99. The van der Waals surface area contributed by atoms with Gasteiger partial charge in [0, 0.05) is 35.2 Å². The molecule has 1 saturated carbocycles. The SMILES string of the molecule is CSC1CCC(n2ccc3c2CC(C)(C)CC3=O)CC1.